The zero-order valence-electron chi connectivity index (χ0n) is 20.4. The minimum atomic E-state index is -0.549. The molecule has 10 nitrogen and oxygen atoms in total. The smallest absolute Gasteiger partial charge is 0.326 e. The average Bonchev–Trinajstić information content (AvgIpc) is 3.23. The van der Waals surface area contributed by atoms with E-state index in [2.05, 4.69) is 15.6 Å². The van der Waals surface area contributed by atoms with Crippen molar-refractivity contribution >= 4 is 46.2 Å². The van der Waals surface area contributed by atoms with E-state index in [4.69, 9.17) is 11.0 Å². The molecule has 186 valence electrons. The quantitative estimate of drug-likeness (QED) is 0.354. The van der Waals surface area contributed by atoms with Crippen LogP contribution in [0.1, 0.15) is 27.9 Å². The molecule has 4 rings (SSSR count). The van der Waals surface area contributed by atoms with Crippen LogP contribution in [0.25, 0.3) is 11.0 Å². The summed E-state index contributed by atoms with van der Waals surface area (Å²) in [7, 11) is 1.68. The standard InChI is InChI=1S/C27H25N7O3/c1-17-3-7-19(8-4-17)25(36)33(2)21-11-12-23-22(15-21)31-26(34(23)14-13-24(29)35)32-27(37)30-20-9-5-18(16-28)6-10-20/h3-12,15H,13-14H2,1-2H3,(H2,29,35)(H2,30,31,32,37). The summed E-state index contributed by atoms with van der Waals surface area (Å²) in [6.07, 6.45) is 0.0466. The Bertz CT molecular complexity index is 1520. The Morgan fingerprint density at radius 3 is 2.38 bits per heavy atom. The molecule has 0 radical (unpaired) electrons. The number of benzene rings is 3. The molecule has 0 aliphatic heterocycles. The lowest BCUT2D eigenvalue weighted by Crippen LogP contribution is -2.26. The predicted octanol–water partition coefficient (Wildman–Crippen LogP) is 4.01. The summed E-state index contributed by atoms with van der Waals surface area (Å²) < 4.78 is 1.68. The fourth-order valence-corrected chi connectivity index (χ4v) is 3.77. The summed E-state index contributed by atoms with van der Waals surface area (Å²) in [6.45, 7) is 2.16. The number of fused-ring (bicyclic) bond motifs is 1. The molecule has 1 heterocycles. The molecular weight excluding hydrogens is 470 g/mol. The molecule has 4 amide bonds. The van der Waals surface area contributed by atoms with Gasteiger partial charge in [0.25, 0.3) is 5.91 Å². The van der Waals surface area contributed by atoms with E-state index >= 15 is 0 Å². The van der Waals surface area contributed by atoms with Gasteiger partial charge in [-0.3, -0.25) is 14.9 Å². The van der Waals surface area contributed by atoms with Gasteiger partial charge in [-0.2, -0.15) is 5.26 Å². The van der Waals surface area contributed by atoms with Gasteiger partial charge in [-0.15, -0.1) is 0 Å². The third-order valence-corrected chi connectivity index (χ3v) is 5.80. The van der Waals surface area contributed by atoms with E-state index in [-0.39, 0.29) is 24.8 Å². The molecule has 0 bridgehead atoms. The molecule has 37 heavy (non-hydrogen) atoms. The van der Waals surface area contributed by atoms with Crippen molar-refractivity contribution in [1.82, 2.24) is 9.55 Å². The van der Waals surface area contributed by atoms with Gasteiger partial charge in [0.1, 0.15) is 0 Å². The number of nitrogens with zero attached hydrogens (tertiary/aromatic N) is 4. The Morgan fingerprint density at radius 1 is 1.03 bits per heavy atom. The van der Waals surface area contributed by atoms with Crippen molar-refractivity contribution in [2.24, 2.45) is 5.73 Å². The first-order chi connectivity index (χ1) is 17.7. The fraction of sp³-hybridized carbons (Fsp3) is 0.148. The Kier molecular flexibility index (Phi) is 7.16. The number of aryl methyl sites for hydroxylation is 2. The van der Waals surface area contributed by atoms with Gasteiger partial charge in [-0.1, -0.05) is 17.7 Å². The summed E-state index contributed by atoms with van der Waals surface area (Å²) in [4.78, 5) is 43.2. The van der Waals surface area contributed by atoms with Gasteiger partial charge in [-0.05, 0) is 61.5 Å². The number of nitrogens with two attached hydrogens (primary N) is 1. The molecule has 0 spiro atoms. The molecule has 4 aromatic rings. The number of aromatic nitrogens is 2. The molecular formula is C27H25N7O3. The summed E-state index contributed by atoms with van der Waals surface area (Å²) in [6, 6.07) is 20.5. The van der Waals surface area contributed by atoms with Crippen molar-refractivity contribution in [3.63, 3.8) is 0 Å². The minimum absolute atomic E-state index is 0.0466. The average molecular weight is 496 g/mol. The highest BCUT2D eigenvalue weighted by atomic mass is 16.2. The lowest BCUT2D eigenvalue weighted by Gasteiger charge is -2.17. The number of hydrogen-bond donors (Lipinski definition) is 3. The van der Waals surface area contributed by atoms with Crippen molar-refractivity contribution in [2.45, 2.75) is 19.9 Å². The monoisotopic (exact) mass is 495 g/mol. The molecule has 10 heteroatoms. The molecule has 0 aliphatic carbocycles. The van der Waals surface area contributed by atoms with Gasteiger partial charge in [0, 0.05) is 37.0 Å². The van der Waals surface area contributed by atoms with Gasteiger partial charge < -0.3 is 20.5 Å². The molecule has 0 fully saturated rings. The minimum Gasteiger partial charge on any atom is -0.370 e. The topological polar surface area (TPSA) is 146 Å². The van der Waals surface area contributed by atoms with Crippen LogP contribution in [0.2, 0.25) is 0 Å². The van der Waals surface area contributed by atoms with Crippen LogP contribution >= 0.6 is 0 Å². The number of imidazole rings is 1. The van der Waals surface area contributed by atoms with Crippen LogP contribution < -0.4 is 21.3 Å². The SMILES string of the molecule is Cc1ccc(C(=O)N(C)c2ccc3c(c2)nc(NC(=O)Nc2ccc(C#N)cc2)n3CCC(N)=O)cc1. The molecule has 0 saturated carbocycles. The maximum Gasteiger partial charge on any atom is 0.326 e. The number of hydrogen-bond acceptors (Lipinski definition) is 5. The summed E-state index contributed by atoms with van der Waals surface area (Å²) in [5.41, 5.74) is 9.74. The number of rotatable bonds is 7. The van der Waals surface area contributed by atoms with Gasteiger partial charge in [0.2, 0.25) is 11.9 Å². The number of amides is 4. The first-order valence-electron chi connectivity index (χ1n) is 11.5. The fourth-order valence-electron chi connectivity index (χ4n) is 3.77. The van der Waals surface area contributed by atoms with Crippen LogP contribution in [-0.2, 0) is 11.3 Å². The molecule has 0 atom stereocenters. The van der Waals surface area contributed by atoms with Crippen molar-refractivity contribution in [1.29, 1.82) is 5.26 Å². The zero-order valence-corrected chi connectivity index (χ0v) is 20.4. The van der Waals surface area contributed by atoms with E-state index in [1.807, 2.05) is 25.1 Å². The number of carbonyl (C=O) groups excluding carboxylic acids is 3. The maximum absolute atomic E-state index is 13.0. The summed E-state index contributed by atoms with van der Waals surface area (Å²) in [5, 5.41) is 14.3. The van der Waals surface area contributed by atoms with Crippen LogP contribution in [0.5, 0.6) is 0 Å². The first-order valence-corrected chi connectivity index (χ1v) is 11.5. The number of nitrogens with one attached hydrogen (secondary N) is 2. The Labute approximate surface area is 213 Å². The highest BCUT2D eigenvalue weighted by Crippen LogP contribution is 2.26. The lowest BCUT2D eigenvalue weighted by molar-refractivity contribution is -0.118. The lowest BCUT2D eigenvalue weighted by atomic mass is 10.1. The molecule has 1 aromatic heterocycles. The largest absolute Gasteiger partial charge is 0.370 e. The Hall–Kier alpha value is -5.17. The van der Waals surface area contributed by atoms with Crippen LogP contribution in [0.15, 0.2) is 66.7 Å². The second-order valence-corrected chi connectivity index (χ2v) is 8.47. The van der Waals surface area contributed by atoms with E-state index in [0.29, 0.717) is 33.5 Å². The van der Waals surface area contributed by atoms with Crippen LogP contribution in [-0.4, -0.2) is 34.4 Å². The zero-order chi connectivity index (χ0) is 26.5. The summed E-state index contributed by atoms with van der Waals surface area (Å²) >= 11 is 0. The Balaban J connectivity index is 1.60. The van der Waals surface area contributed by atoms with Crippen LogP contribution in [0.4, 0.5) is 22.1 Å². The highest BCUT2D eigenvalue weighted by Gasteiger charge is 2.18. The number of nitriles is 1. The number of urea groups is 1. The number of carbonyl (C=O) groups is 3. The van der Waals surface area contributed by atoms with E-state index in [0.717, 1.165) is 5.56 Å². The van der Waals surface area contributed by atoms with Crippen molar-refractivity contribution in [3.05, 3.63) is 83.4 Å². The van der Waals surface area contributed by atoms with Crippen LogP contribution in [0.3, 0.4) is 0 Å². The molecule has 4 N–H and O–H groups in total. The molecule has 0 aliphatic rings. The van der Waals surface area contributed by atoms with Gasteiger partial charge in [-0.25, -0.2) is 9.78 Å². The third-order valence-electron chi connectivity index (χ3n) is 5.80. The molecule has 0 saturated heterocycles. The maximum atomic E-state index is 13.0. The van der Waals surface area contributed by atoms with E-state index in [1.165, 1.54) is 4.90 Å². The van der Waals surface area contributed by atoms with Crippen molar-refractivity contribution < 1.29 is 14.4 Å². The van der Waals surface area contributed by atoms with Gasteiger partial charge >= 0.3 is 6.03 Å². The molecule has 3 aromatic carbocycles. The van der Waals surface area contributed by atoms with Gasteiger partial charge in [0.15, 0.2) is 0 Å². The highest BCUT2D eigenvalue weighted by molar-refractivity contribution is 6.06. The van der Waals surface area contributed by atoms with E-state index in [9.17, 15) is 14.4 Å². The number of anilines is 3. The second-order valence-electron chi connectivity index (χ2n) is 8.47. The predicted molar refractivity (Wildman–Crippen MR) is 141 cm³/mol. The third kappa shape index (κ3) is 5.74. The van der Waals surface area contributed by atoms with Crippen molar-refractivity contribution in [3.8, 4) is 6.07 Å². The second kappa shape index (κ2) is 10.6. The Morgan fingerprint density at radius 2 is 1.73 bits per heavy atom. The summed E-state index contributed by atoms with van der Waals surface area (Å²) in [5.74, 6) is -0.449. The number of primary amides is 1. The first kappa shape index (κ1) is 24.9. The van der Waals surface area contributed by atoms with E-state index < -0.39 is 11.9 Å². The normalized spacial score (nSPS) is 10.5. The van der Waals surface area contributed by atoms with Gasteiger partial charge in [0.05, 0.1) is 22.7 Å². The molecule has 0 unspecified atom stereocenters. The van der Waals surface area contributed by atoms with Crippen LogP contribution in [0, 0.1) is 18.3 Å². The van der Waals surface area contributed by atoms with Crippen molar-refractivity contribution in [2.75, 3.05) is 22.6 Å². The van der Waals surface area contributed by atoms with E-state index in [1.54, 1.807) is 66.2 Å².